The van der Waals surface area contributed by atoms with Gasteiger partial charge in [0.15, 0.2) is 9.84 Å². The molecule has 7 heteroatoms. The molecule has 0 aliphatic heterocycles. The Bertz CT molecular complexity index is 874. The Morgan fingerprint density at radius 1 is 1.08 bits per heavy atom. The molecule has 24 heavy (non-hydrogen) atoms. The maximum Gasteiger partial charge on any atom is 0.335 e. The summed E-state index contributed by atoms with van der Waals surface area (Å²) in [5, 5.41) is 11.6. The maximum absolute atomic E-state index is 12.3. The molecule has 126 valence electrons. The van der Waals surface area contributed by atoms with Crippen LogP contribution in [0.5, 0.6) is 0 Å². The van der Waals surface area contributed by atoms with Crippen molar-refractivity contribution in [3.8, 4) is 0 Å². The average Bonchev–Trinajstić information content (AvgIpc) is 2.52. The van der Waals surface area contributed by atoms with E-state index in [9.17, 15) is 18.0 Å². The normalized spacial score (nSPS) is 11.0. The van der Waals surface area contributed by atoms with E-state index in [-0.39, 0.29) is 23.4 Å². The van der Waals surface area contributed by atoms with Crippen molar-refractivity contribution >= 4 is 21.7 Å². The molecule has 0 aliphatic carbocycles. The molecule has 1 amide bonds. The number of nitrogens with one attached hydrogen (secondary N) is 1. The Balaban J connectivity index is 2.13. The Kier molecular flexibility index (Phi) is 5.35. The van der Waals surface area contributed by atoms with Crippen molar-refractivity contribution < 1.29 is 23.1 Å². The fourth-order valence-corrected chi connectivity index (χ4v) is 3.06. The van der Waals surface area contributed by atoms with Crippen LogP contribution in [0.4, 0.5) is 0 Å². The smallest absolute Gasteiger partial charge is 0.335 e. The molecular formula is C17H17NO5S. The largest absolute Gasteiger partial charge is 0.478 e. The lowest BCUT2D eigenvalue weighted by molar-refractivity contribution is 0.0696. The monoisotopic (exact) mass is 347 g/mol. The van der Waals surface area contributed by atoms with E-state index in [0.29, 0.717) is 11.1 Å². The highest BCUT2D eigenvalue weighted by atomic mass is 32.2. The molecule has 0 heterocycles. The molecule has 0 saturated carbocycles. The molecule has 0 bridgehead atoms. The molecule has 6 nitrogen and oxygen atoms in total. The molecule has 2 aromatic rings. The van der Waals surface area contributed by atoms with Crippen LogP contribution in [0, 0.1) is 0 Å². The number of aromatic carboxylic acids is 1. The van der Waals surface area contributed by atoms with Gasteiger partial charge in [-0.2, -0.15) is 0 Å². The molecule has 2 aromatic carbocycles. The minimum absolute atomic E-state index is 0.138. The van der Waals surface area contributed by atoms with Gasteiger partial charge < -0.3 is 10.4 Å². The lowest BCUT2D eigenvalue weighted by atomic mass is 10.1. The SMILES string of the molecule is CS(=O)(=O)Cc1ccccc1C(=O)NCc1cccc(C(=O)O)c1. The van der Waals surface area contributed by atoms with E-state index in [0.717, 1.165) is 6.26 Å². The van der Waals surface area contributed by atoms with Crippen molar-refractivity contribution in [2.24, 2.45) is 0 Å². The number of rotatable bonds is 6. The van der Waals surface area contributed by atoms with Crippen LogP contribution in [0.1, 0.15) is 31.8 Å². The fourth-order valence-electron chi connectivity index (χ4n) is 2.24. The molecule has 0 atom stereocenters. The first kappa shape index (κ1) is 17.7. The Morgan fingerprint density at radius 3 is 2.46 bits per heavy atom. The topological polar surface area (TPSA) is 101 Å². The van der Waals surface area contributed by atoms with Gasteiger partial charge in [-0.05, 0) is 29.3 Å². The molecule has 0 spiro atoms. The van der Waals surface area contributed by atoms with E-state index in [2.05, 4.69) is 5.32 Å². The second kappa shape index (κ2) is 7.27. The van der Waals surface area contributed by atoms with Crippen LogP contribution in [-0.4, -0.2) is 31.7 Å². The van der Waals surface area contributed by atoms with Gasteiger partial charge in [-0.3, -0.25) is 4.79 Å². The van der Waals surface area contributed by atoms with Gasteiger partial charge in [0.2, 0.25) is 0 Å². The quantitative estimate of drug-likeness (QED) is 0.831. The number of hydrogen-bond acceptors (Lipinski definition) is 4. The van der Waals surface area contributed by atoms with Crippen LogP contribution >= 0.6 is 0 Å². The second-order valence-corrected chi connectivity index (χ2v) is 7.56. The first-order chi connectivity index (χ1) is 11.3. The van der Waals surface area contributed by atoms with Crippen LogP contribution < -0.4 is 5.32 Å². The standard InChI is InChI=1S/C17H17NO5S/c1-24(22,23)11-14-6-2-3-8-15(14)16(19)18-10-12-5-4-7-13(9-12)17(20)21/h2-9H,10-11H2,1H3,(H,18,19)(H,20,21). The summed E-state index contributed by atoms with van der Waals surface area (Å²) in [4.78, 5) is 23.3. The fraction of sp³-hybridized carbons (Fsp3) is 0.176. The van der Waals surface area contributed by atoms with E-state index in [4.69, 9.17) is 5.11 Å². The number of benzene rings is 2. The van der Waals surface area contributed by atoms with Crippen molar-refractivity contribution in [3.05, 3.63) is 70.8 Å². The zero-order valence-corrected chi connectivity index (χ0v) is 13.8. The summed E-state index contributed by atoms with van der Waals surface area (Å²) >= 11 is 0. The Hall–Kier alpha value is -2.67. The van der Waals surface area contributed by atoms with E-state index >= 15 is 0 Å². The number of carbonyl (C=O) groups excluding carboxylic acids is 1. The average molecular weight is 347 g/mol. The summed E-state index contributed by atoms with van der Waals surface area (Å²) in [5.74, 6) is -1.66. The predicted molar refractivity (Wildman–Crippen MR) is 89.6 cm³/mol. The number of carboxylic acids is 1. The highest BCUT2D eigenvalue weighted by Crippen LogP contribution is 2.13. The van der Waals surface area contributed by atoms with Gasteiger partial charge in [0.1, 0.15) is 0 Å². The van der Waals surface area contributed by atoms with Gasteiger partial charge in [0, 0.05) is 18.4 Å². The summed E-state index contributed by atoms with van der Waals surface area (Å²) < 4.78 is 22.9. The lowest BCUT2D eigenvalue weighted by Gasteiger charge is -2.10. The van der Waals surface area contributed by atoms with Gasteiger partial charge in [-0.15, -0.1) is 0 Å². The molecular weight excluding hydrogens is 330 g/mol. The van der Waals surface area contributed by atoms with E-state index in [1.54, 1.807) is 36.4 Å². The lowest BCUT2D eigenvalue weighted by Crippen LogP contribution is -2.24. The molecule has 2 rings (SSSR count). The van der Waals surface area contributed by atoms with Crippen LogP contribution in [0.3, 0.4) is 0 Å². The van der Waals surface area contributed by atoms with E-state index < -0.39 is 21.7 Å². The van der Waals surface area contributed by atoms with Crippen LogP contribution in [0.2, 0.25) is 0 Å². The van der Waals surface area contributed by atoms with Gasteiger partial charge in [-0.25, -0.2) is 13.2 Å². The molecule has 0 aliphatic rings. The van der Waals surface area contributed by atoms with Gasteiger partial charge in [0.05, 0.1) is 11.3 Å². The number of amides is 1. The summed E-state index contributed by atoms with van der Waals surface area (Å²) in [6.07, 6.45) is 1.11. The molecule has 0 fully saturated rings. The van der Waals surface area contributed by atoms with Crippen LogP contribution in [0.15, 0.2) is 48.5 Å². The minimum atomic E-state index is -3.26. The number of sulfone groups is 1. The predicted octanol–water partition coefficient (Wildman–Crippen LogP) is 1.86. The summed E-state index contributed by atoms with van der Waals surface area (Å²) in [5.41, 5.74) is 1.50. The maximum atomic E-state index is 12.3. The van der Waals surface area contributed by atoms with Crippen molar-refractivity contribution in [2.75, 3.05) is 6.26 Å². The highest BCUT2D eigenvalue weighted by Gasteiger charge is 2.14. The third-order valence-corrected chi connectivity index (χ3v) is 4.14. The Morgan fingerprint density at radius 2 is 1.79 bits per heavy atom. The van der Waals surface area contributed by atoms with Crippen molar-refractivity contribution in [3.63, 3.8) is 0 Å². The molecule has 0 unspecified atom stereocenters. The second-order valence-electron chi connectivity index (χ2n) is 5.42. The van der Waals surface area contributed by atoms with E-state index in [1.165, 1.54) is 12.1 Å². The summed E-state index contributed by atoms with van der Waals surface area (Å²) in [6.45, 7) is 0.146. The molecule has 2 N–H and O–H groups in total. The van der Waals surface area contributed by atoms with Crippen molar-refractivity contribution in [1.82, 2.24) is 5.32 Å². The van der Waals surface area contributed by atoms with Crippen molar-refractivity contribution in [2.45, 2.75) is 12.3 Å². The van der Waals surface area contributed by atoms with Crippen LogP contribution in [0.25, 0.3) is 0 Å². The van der Waals surface area contributed by atoms with Gasteiger partial charge in [0.25, 0.3) is 5.91 Å². The number of hydrogen-bond donors (Lipinski definition) is 2. The third kappa shape index (κ3) is 4.92. The van der Waals surface area contributed by atoms with Gasteiger partial charge in [-0.1, -0.05) is 30.3 Å². The molecule has 0 saturated heterocycles. The summed E-state index contributed by atoms with van der Waals surface area (Å²) in [6, 6.07) is 12.7. The van der Waals surface area contributed by atoms with Crippen molar-refractivity contribution in [1.29, 1.82) is 0 Å². The zero-order chi connectivity index (χ0) is 17.7. The van der Waals surface area contributed by atoms with E-state index in [1.807, 2.05) is 0 Å². The zero-order valence-electron chi connectivity index (χ0n) is 13.0. The Labute approximate surface area is 140 Å². The number of carbonyl (C=O) groups is 2. The molecule has 0 aromatic heterocycles. The van der Waals surface area contributed by atoms with Gasteiger partial charge >= 0.3 is 5.97 Å². The minimum Gasteiger partial charge on any atom is -0.478 e. The molecule has 0 radical (unpaired) electrons. The first-order valence-corrected chi connectivity index (χ1v) is 9.18. The summed E-state index contributed by atoms with van der Waals surface area (Å²) in [7, 11) is -3.26. The van der Waals surface area contributed by atoms with Crippen LogP contribution in [-0.2, 0) is 22.1 Å². The first-order valence-electron chi connectivity index (χ1n) is 7.12. The third-order valence-electron chi connectivity index (χ3n) is 3.31. The highest BCUT2D eigenvalue weighted by molar-refractivity contribution is 7.89. The number of carboxylic acid groups (broad SMARTS) is 1.